The third-order valence-electron chi connectivity index (χ3n) is 14.4. The second-order valence-corrected chi connectivity index (χ2v) is 29.0. The Hall–Kier alpha value is -0.573. The Morgan fingerprint density at radius 2 is 0.671 bits per heavy atom. The summed E-state index contributed by atoms with van der Waals surface area (Å²) in [5.41, 5.74) is -5.41. The number of nitrogens with zero attached hydrogens (tertiary/aromatic N) is 1. The molecule has 0 fully saturated rings. The van der Waals surface area contributed by atoms with Crippen molar-refractivity contribution < 1.29 is 87.3 Å². The molecule has 0 saturated heterocycles. The summed E-state index contributed by atoms with van der Waals surface area (Å²) >= 11 is 0. The molecule has 0 amide bonds. The van der Waals surface area contributed by atoms with E-state index in [4.69, 9.17) is 13.3 Å². The highest BCUT2D eigenvalue weighted by Crippen LogP contribution is 2.27. The van der Waals surface area contributed by atoms with Crippen molar-refractivity contribution in [2.75, 3.05) is 123 Å². The number of hydrogen-bond donors (Lipinski definition) is 11. The number of aliphatic hydroxyl groups excluding tert-OH is 6. The average molecular weight is 1180 g/mol. The van der Waals surface area contributed by atoms with Crippen molar-refractivity contribution >= 4 is 39.2 Å². The first-order valence-corrected chi connectivity index (χ1v) is 35.2. The quantitative estimate of drug-likeness (QED) is 0.0180. The predicted octanol–water partition coefficient (Wildman–Crippen LogP) is 3.47. The van der Waals surface area contributed by atoms with Gasteiger partial charge in [-0.25, -0.2) is 8.42 Å². The van der Waals surface area contributed by atoms with Gasteiger partial charge in [0.05, 0.1) is 130 Å². The molecule has 458 valence electrons. The third kappa shape index (κ3) is 38.2. The van der Waals surface area contributed by atoms with Crippen LogP contribution in [-0.2, 0) is 43.6 Å². The topological polar surface area (TPSA) is 351 Å². The summed E-state index contributed by atoms with van der Waals surface area (Å²) in [6.07, 6.45) is 29.3. The highest BCUT2D eigenvalue weighted by Gasteiger charge is 2.48. The van der Waals surface area contributed by atoms with Gasteiger partial charge in [-0.15, -0.1) is 0 Å². The molecule has 26 heteroatoms. The molecule has 0 bridgehead atoms. The summed E-state index contributed by atoms with van der Waals surface area (Å²) in [6.45, 7) is -1.70. The molecule has 0 spiro atoms. The number of aliphatic hydroxyl groups is 6. The Labute approximate surface area is 460 Å². The summed E-state index contributed by atoms with van der Waals surface area (Å²) in [4.78, 5) is 0. The van der Waals surface area contributed by atoms with E-state index in [9.17, 15) is 69.6 Å². The third-order valence-corrected chi connectivity index (χ3v) is 19.2. The van der Waals surface area contributed by atoms with Crippen molar-refractivity contribution in [1.29, 1.82) is 0 Å². The van der Waals surface area contributed by atoms with Crippen LogP contribution in [0.1, 0.15) is 174 Å². The van der Waals surface area contributed by atoms with Gasteiger partial charge in [0.2, 0.25) is 0 Å². The lowest BCUT2D eigenvalue weighted by Gasteiger charge is -2.41. The first kappa shape index (κ1) is 75.4. The Bertz CT molecular complexity index is 1580. The van der Waals surface area contributed by atoms with Crippen molar-refractivity contribution in [3.8, 4) is 0 Å². The zero-order chi connectivity index (χ0) is 57.4. The second kappa shape index (κ2) is 42.3. The van der Waals surface area contributed by atoms with E-state index in [1.54, 1.807) is 0 Å². The molecular weight excluding hydrogens is 1070 g/mol. The van der Waals surface area contributed by atoms with Crippen LogP contribution >= 0.6 is 0 Å². The molecule has 0 aromatic heterocycles. The van der Waals surface area contributed by atoms with E-state index in [-0.39, 0.29) is 6.04 Å². The number of quaternary nitrogens is 1. The molecule has 0 unspecified atom stereocenters. The van der Waals surface area contributed by atoms with Crippen LogP contribution in [0.5, 0.6) is 0 Å². The van der Waals surface area contributed by atoms with Gasteiger partial charge < -0.3 is 68.9 Å². The van der Waals surface area contributed by atoms with Crippen LogP contribution in [0.2, 0.25) is 6.04 Å². The molecule has 11 N–H and O–H groups in total. The van der Waals surface area contributed by atoms with Gasteiger partial charge in [-0.2, -0.15) is 16.8 Å². The highest BCUT2D eigenvalue weighted by atomic mass is 32.2. The smallest absolute Gasteiger partial charge is 0.501 e. The fraction of sp³-hybridized carbons (Fsp3) is 1.00. The van der Waals surface area contributed by atoms with Gasteiger partial charge >= 0.3 is 8.80 Å². The molecule has 0 aromatic carbocycles. The molecule has 0 aliphatic heterocycles. The van der Waals surface area contributed by atoms with Crippen molar-refractivity contribution in [3.63, 3.8) is 0 Å². The molecule has 0 rings (SSSR count). The number of unbranched alkanes of at least 4 members (excludes halogenated alkanes) is 22. The largest absolute Gasteiger partial charge is 0.748 e. The van der Waals surface area contributed by atoms with E-state index in [0.29, 0.717) is 17.4 Å². The molecule has 0 aliphatic carbocycles. The van der Waals surface area contributed by atoms with Gasteiger partial charge in [-0.1, -0.05) is 142 Å². The number of rotatable bonds is 57. The molecule has 76 heavy (non-hydrogen) atoms. The fourth-order valence-corrected chi connectivity index (χ4v) is 12.8. The van der Waals surface area contributed by atoms with Gasteiger partial charge in [0.25, 0.3) is 20.2 Å². The minimum absolute atomic E-state index is 0.0461. The highest BCUT2D eigenvalue weighted by molar-refractivity contribution is 7.86. The van der Waals surface area contributed by atoms with Crippen LogP contribution in [0.15, 0.2) is 0 Å². The van der Waals surface area contributed by atoms with Crippen LogP contribution in [0.25, 0.3) is 0 Å². The minimum atomic E-state index is -4.74. The van der Waals surface area contributed by atoms with Gasteiger partial charge in [0, 0.05) is 32.1 Å². The first-order valence-electron chi connectivity index (χ1n) is 28.4. The van der Waals surface area contributed by atoms with Gasteiger partial charge in [-0.3, -0.25) is 9.11 Å². The maximum absolute atomic E-state index is 11.6. The van der Waals surface area contributed by atoms with Crippen molar-refractivity contribution in [2.45, 2.75) is 197 Å². The molecule has 0 saturated carbocycles. The minimum Gasteiger partial charge on any atom is -0.748 e. The van der Waals surface area contributed by atoms with Crippen LogP contribution in [0.3, 0.4) is 0 Å². The van der Waals surface area contributed by atoms with Crippen molar-refractivity contribution in [1.82, 2.24) is 16.0 Å². The summed E-state index contributed by atoms with van der Waals surface area (Å²) in [5, 5.41) is 71.8. The maximum atomic E-state index is 11.6. The molecule has 22 nitrogen and oxygen atoms in total. The Kier molecular flexibility index (Phi) is 42.0. The van der Waals surface area contributed by atoms with Gasteiger partial charge in [0.1, 0.15) is 0 Å². The van der Waals surface area contributed by atoms with Crippen molar-refractivity contribution in [2.24, 2.45) is 0 Å². The molecule has 0 heterocycles. The summed E-state index contributed by atoms with van der Waals surface area (Å²) < 4.78 is 120. The summed E-state index contributed by atoms with van der Waals surface area (Å²) in [7, 11) is -16.0. The standard InChI is InChI=1S/C50H108N4O18S3Si/c1-4-6-8-10-12-14-16-18-20-22-24-26-32-54(3,33-27-25-23-21-19-17-15-13-11-9-7-5-2)34-28-38-76(70-45-48(39-55,40-56)51-29-35-73(61,62)63,71-46-49(41-57,42-58)52-30-36-74(64,65)66)72-47-50(43-59,44-60)53-31-37-75(67,68)69/h51-53,55-60H,4-47H2,1-3H3,(H2-,61,62,63,64,65,66,67,68,69). The van der Waals surface area contributed by atoms with Crippen LogP contribution in [0.4, 0.5) is 0 Å². The van der Waals surface area contributed by atoms with Gasteiger partial charge in [0.15, 0.2) is 0 Å². The van der Waals surface area contributed by atoms with E-state index < -0.39 is 152 Å². The van der Waals surface area contributed by atoms with E-state index in [2.05, 4.69) is 36.8 Å². The zero-order valence-corrected chi connectivity index (χ0v) is 50.4. The number of nitrogens with one attached hydrogen (secondary N) is 3. The summed E-state index contributed by atoms with van der Waals surface area (Å²) in [5.74, 6) is -2.51. The lowest BCUT2D eigenvalue weighted by molar-refractivity contribution is -0.910. The molecule has 0 aromatic rings. The van der Waals surface area contributed by atoms with E-state index in [1.807, 2.05) is 0 Å². The fourth-order valence-electron chi connectivity index (χ4n) is 9.01. The number of hydrogen-bond acceptors (Lipinski definition) is 19. The zero-order valence-electron chi connectivity index (χ0n) is 46.9. The van der Waals surface area contributed by atoms with E-state index in [0.717, 1.165) is 51.6 Å². The normalized spacial score (nSPS) is 13.6. The first-order chi connectivity index (χ1) is 35.9. The molecule has 0 radical (unpaired) electrons. The monoisotopic (exact) mass is 1180 g/mol. The van der Waals surface area contributed by atoms with E-state index >= 15 is 0 Å². The summed E-state index contributed by atoms with van der Waals surface area (Å²) in [6, 6.07) is -0.0461. The van der Waals surface area contributed by atoms with Crippen molar-refractivity contribution in [3.05, 3.63) is 0 Å². The van der Waals surface area contributed by atoms with Crippen LogP contribution < -0.4 is 16.0 Å². The second-order valence-electron chi connectivity index (χ2n) is 21.6. The van der Waals surface area contributed by atoms with E-state index in [1.165, 1.54) is 116 Å². The lowest BCUT2D eigenvalue weighted by atomic mass is 10.0. The van der Waals surface area contributed by atoms with Crippen LogP contribution in [-0.4, -0.2) is 222 Å². The SMILES string of the molecule is CCCCCCCCCCCCCC[N+](C)(CCCCCCCCCCCCCC)CCC[Si](OCC(CO)(CO)NCCS(=O)(=O)[O-])(OCC(CO)(CO)NCCS(=O)(=O)O)OCC(CO)(CO)NCCS(=O)(=O)O. The molecule has 0 atom stereocenters. The Morgan fingerprint density at radius 3 is 0.921 bits per heavy atom. The Morgan fingerprint density at radius 1 is 0.421 bits per heavy atom. The Balaban J connectivity index is 6.98. The molecule has 0 aliphatic rings. The van der Waals surface area contributed by atoms with Crippen LogP contribution in [0, 0.1) is 0 Å². The lowest BCUT2D eigenvalue weighted by Crippen LogP contribution is -2.64. The molecular formula is C50H108N4O18S3Si. The predicted molar refractivity (Wildman–Crippen MR) is 298 cm³/mol. The average Bonchev–Trinajstić information content (AvgIpc) is 3.36. The maximum Gasteiger partial charge on any atom is 0.501 e. The van der Waals surface area contributed by atoms with Gasteiger partial charge in [-0.05, 0) is 25.7 Å².